The Morgan fingerprint density at radius 2 is 0.882 bits per heavy atom. The molecule has 0 bridgehead atoms. The zero-order valence-corrected chi connectivity index (χ0v) is 46.0. The van der Waals surface area contributed by atoms with E-state index in [4.69, 9.17) is 9.05 Å². The van der Waals surface area contributed by atoms with Crippen LogP contribution in [0.25, 0.3) is 0 Å². The van der Waals surface area contributed by atoms with E-state index in [2.05, 4.69) is 92.1 Å². The third-order valence-corrected chi connectivity index (χ3v) is 13.5. The number of carbonyl (C=O) groups is 1. The molecule has 0 aliphatic carbocycles. The van der Waals surface area contributed by atoms with Gasteiger partial charge in [0.15, 0.2) is 0 Å². The molecule has 0 aliphatic rings. The molecule has 3 unspecified atom stereocenters. The van der Waals surface area contributed by atoms with Crippen molar-refractivity contribution in [3.05, 3.63) is 72.9 Å². The molecule has 0 fully saturated rings. The Morgan fingerprint density at radius 3 is 1.29 bits per heavy atom. The molecule has 68 heavy (non-hydrogen) atoms. The maximum Gasteiger partial charge on any atom is 0.472 e. The van der Waals surface area contributed by atoms with Gasteiger partial charge in [0.1, 0.15) is 13.2 Å². The number of hydrogen-bond acceptors (Lipinski definition) is 5. The van der Waals surface area contributed by atoms with Crippen LogP contribution in [0.3, 0.4) is 0 Å². The minimum atomic E-state index is -4.33. The van der Waals surface area contributed by atoms with Crippen molar-refractivity contribution in [3.8, 4) is 0 Å². The Morgan fingerprint density at radius 1 is 0.515 bits per heavy atom. The molecule has 0 rings (SSSR count). The highest BCUT2D eigenvalue weighted by Crippen LogP contribution is 2.43. The molecule has 3 N–H and O–H groups in total. The van der Waals surface area contributed by atoms with E-state index in [-0.39, 0.29) is 19.1 Å². The Balaban J connectivity index is 4.25. The lowest BCUT2D eigenvalue weighted by molar-refractivity contribution is -0.870. The van der Waals surface area contributed by atoms with E-state index in [9.17, 15) is 19.4 Å². The number of phosphoric ester groups is 1. The van der Waals surface area contributed by atoms with Crippen LogP contribution in [0.4, 0.5) is 0 Å². The minimum absolute atomic E-state index is 0.0683. The first-order chi connectivity index (χ1) is 33.0. The van der Waals surface area contributed by atoms with E-state index < -0.39 is 20.0 Å². The van der Waals surface area contributed by atoms with Gasteiger partial charge in [-0.05, 0) is 64.2 Å². The maximum atomic E-state index is 13.0. The molecular formula is C59H110N2O6P+. The van der Waals surface area contributed by atoms with Crippen LogP contribution in [0.5, 0.6) is 0 Å². The molecular weight excluding hydrogens is 864 g/mol. The molecule has 0 heterocycles. The van der Waals surface area contributed by atoms with Gasteiger partial charge in [-0.25, -0.2) is 4.57 Å². The number of nitrogens with one attached hydrogen (secondary N) is 1. The number of aliphatic hydroxyl groups is 1. The molecule has 3 atom stereocenters. The van der Waals surface area contributed by atoms with Gasteiger partial charge in [0.25, 0.3) is 0 Å². The first-order valence-corrected chi connectivity index (χ1v) is 29.8. The Bertz CT molecular complexity index is 1330. The van der Waals surface area contributed by atoms with E-state index in [1.165, 1.54) is 128 Å². The van der Waals surface area contributed by atoms with Gasteiger partial charge in [0.2, 0.25) is 5.91 Å². The van der Waals surface area contributed by atoms with E-state index in [0.717, 1.165) is 89.9 Å². The van der Waals surface area contributed by atoms with Crippen LogP contribution in [-0.2, 0) is 18.4 Å². The number of rotatable bonds is 51. The van der Waals surface area contributed by atoms with E-state index in [1.54, 1.807) is 0 Å². The lowest BCUT2D eigenvalue weighted by Crippen LogP contribution is -2.46. The van der Waals surface area contributed by atoms with Crippen molar-refractivity contribution in [2.45, 2.75) is 257 Å². The monoisotopic (exact) mass is 974 g/mol. The van der Waals surface area contributed by atoms with Gasteiger partial charge >= 0.3 is 7.82 Å². The smallest absolute Gasteiger partial charge is 0.391 e. The fraction of sp³-hybridized carbons (Fsp3) is 0.780. The third-order valence-electron chi connectivity index (χ3n) is 12.5. The predicted molar refractivity (Wildman–Crippen MR) is 295 cm³/mol. The fourth-order valence-corrected chi connectivity index (χ4v) is 8.79. The topological polar surface area (TPSA) is 105 Å². The summed E-state index contributed by atoms with van der Waals surface area (Å²) in [6.45, 7) is 4.78. The average molecular weight is 975 g/mol. The van der Waals surface area contributed by atoms with Gasteiger partial charge in [-0.15, -0.1) is 0 Å². The van der Waals surface area contributed by atoms with E-state index >= 15 is 0 Å². The third kappa shape index (κ3) is 51.8. The van der Waals surface area contributed by atoms with Gasteiger partial charge < -0.3 is 19.8 Å². The van der Waals surface area contributed by atoms with Crippen molar-refractivity contribution in [2.75, 3.05) is 40.9 Å². The van der Waals surface area contributed by atoms with Gasteiger partial charge in [-0.3, -0.25) is 13.8 Å². The number of allylic oxidation sites excluding steroid dienone is 12. The van der Waals surface area contributed by atoms with E-state index in [1.807, 2.05) is 21.1 Å². The molecule has 0 aromatic rings. The van der Waals surface area contributed by atoms with Gasteiger partial charge in [0, 0.05) is 6.42 Å². The number of unbranched alkanes of at least 4 members (excludes halogenated alkanes) is 26. The first-order valence-electron chi connectivity index (χ1n) is 28.3. The fourth-order valence-electron chi connectivity index (χ4n) is 8.05. The lowest BCUT2D eigenvalue weighted by atomic mass is 10.0. The highest BCUT2D eigenvalue weighted by Gasteiger charge is 2.28. The maximum absolute atomic E-state index is 13.0. The molecule has 0 aliphatic heterocycles. The van der Waals surface area contributed by atoms with Crippen LogP contribution >= 0.6 is 7.82 Å². The number of aliphatic hydroxyl groups excluding tert-OH is 1. The second-order valence-corrected chi connectivity index (χ2v) is 21.7. The van der Waals surface area contributed by atoms with Crippen molar-refractivity contribution in [1.29, 1.82) is 0 Å². The van der Waals surface area contributed by atoms with Crippen molar-refractivity contribution in [1.82, 2.24) is 5.32 Å². The number of quaternary nitrogens is 1. The van der Waals surface area contributed by atoms with Gasteiger partial charge in [-0.2, -0.15) is 0 Å². The predicted octanol–water partition coefficient (Wildman–Crippen LogP) is 17.1. The highest BCUT2D eigenvalue weighted by molar-refractivity contribution is 7.47. The van der Waals surface area contributed by atoms with Crippen molar-refractivity contribution >= 4 is 13.7 Å². The molecule has 0 aromatic carbocycles. The second kappa shape index (κ2) is 49.9. The van der Waals surface area contributed by atoms with Crippen LogP contribution in [0.2, 0.25) is 0 Å². The summed E-state index contributed by atoms with van der Waals surface area (Å²) in [4.78, 5) is 23.3. The summed E-state index contributed by atoms with van der Waals surface area (Å²) in [6, 6.07) is -0.774. The summed E-state index contributed by atoms with van der Waals surface area (Å²) in [6.07, 6.45) is 68.0. The number of amides is 1. The van der Waals surface area contributed by atoms with Crippen molar-refractivity contribution < 1.29 is 32.9 Å². The van der Waals surface area contributed by atoms with Crippen molar-refractivity contribution in [2.24, 2.45) is 0 Å². The summed E-state index contributed by atoms with van der Waals surface area (Å²) in [5.41, 5.74) is 0. The quantitative estimate of drug-likeness (QED) is 0.0243. The van der Waals surface area contributed by atoms with Crippen LogP contribution < -0.4 is 5.32 Å². The van der Waals surface area contributed by atoms with Gasteiger partial charge in [0.05, 0.1) is 39.9 Å². The summed E-state index contributed by atoms with van der Waals surface area (Å²) < 4.78 is 23.8. The molecule has 0 saturated heterocycles. The molecule has 9 heteroatoms. The standard InChI is InChI=1S/C59H109N2O6P/c1-6-8-10-12-14-16-18-20-22-24-26-28-29-30-31-33-35-37-39-41-43-45-47-49-51-53-59(63)60-57(56-67-68(64,65)66-55-54-61(3,4)5)58(62)52-50-48-46-44-42-40-38-36-34-32-27-25-23-21-19-17-15-13-11-9-7-2/h8,10,14,16,20,22,26,28,30-31,35,37,57-58,62H,6-7,9,11-13,15,17-19,21,23-25,27,29,32-34,36,38-56H2,1-5H3,(H-,60,63,64,65)/p+1/b10-8-,16-14-,22-20-,28-26-,31-30-,37-35-. The Labute approximate surface area is 421 Å². The van der Waals surface area contributed by atoms with Crippen LogP contribution in [0.15, 0.2) is 72.9 Å². The van der Waals surface area contributed by atoms with E-state index in [0.29, 0.717) is 23.9 Å². The summed E-state index contributed by atoms with van der Waals surface area (Å²) in [5.74, 6) is -0.159. The number of likely N-dealkylation sites (N-methyl/N-ethyl adjacent to an activating group) is 1. The Hall–Kier alpha value is -2.06. The Kier molecular flexibility index (Phi) is 48.4. The highest BCUT2D eigenvalue weighted by atomic mass is 31.2. The number of phosphoric acid groups is 1. The van der Waals surface area contributed by atoms with Crippen molar-refractivity contribution in [3.63, 3.8) is 0 Å². The summed E-state index contributed by atoms with van der Waals surface area (Å²) in [7, 11) is 1.60. The molecule has 8 nitrogen and oxygen atoms in total. The lowest BCUT2D eigenvalue weighted by Gasteiger charge is -2.26. The number of nitrogens with zero attached hydrogens (tertiary/aromatic N) is 1. The van der Waals surface area contributed by atoms with Crippen LogP contribution in [0, 0.1) is 0 Å². The first kappa shape index (κ1) is 65.9. The molecule has 0 aromatic heterocycles. The SMILES string of the molecule is CC/C=C\C/C=C\C/C=C\C/C=C\C/C=C\C/C=C\CCCCCCCCC(=O)NC(COP(=O)(O)OCC[N+](C)(C)C)C(O)CCCCCCCCCCCCCCCCCCCCCCC. The zero-order chi connectivity index (χ0) is 49.9. The largest absolute Gasteiger partial charge is 0.472 e. The number of hydrogen-bond donors (Lipinski definition) is 3. The molecule has 1 amide bonds. The normalized spacial score (nSPS) is 14.5. The van der Waals surface area contributed by atoms with Crippen LogP contribution in [0.1, 0.15) is 245 Å². The average Bonchev–Trinajstić information content (AvgIpc) is 3.30. The number of carbonyl (C=O) groups excluding carboxylic acids is 1. The molecule has 0 spiro atoms. The van der Waals surface area contributed by atoms with Crippen LogP contribution in [-0.4, -0.2) is 73.4 Å². The minimum Gasteiger partial charge on any atom is -0.391 e. The molecule has 0 radical (unpaired) electrons. The molecule has 396 valence electrons. The second-order valence-electron chi connectivity index (χ2n) is 20.3. The summed E-state index contributed by atoms with van der Waals surface area (Å²) >= 11 is 0. The zero-order valence-electron chi connectivity index (χ0n) is 45.1. The molecule has 0 saturated carbocycles. The summed E-state index contributed by atoms with van der Waals surface area (Å²) in [5, 5.41) is 14.1. The van der Waals surface area contributed by atoms with Gasteiger partial charge in [-0.1, -0.05) is 247 Å².